The predicted octanol–water partition coefficient (Wildman–Crippen LogP) is 3.19. The van der Waals surface area contributed by atoms with Crippen molar-refractivity contribution in [1.29, 1.82) is 0 Å². The van der Waals surface area contributed by atoms with Gasteiger partial charge in [0.15, 0.2) is 5.82 Å². The Labute approximate surface area is 114 Å². The molecule has 0 aromatic carbocycles. The Morgan fingerprint density at radius 2 is 2.39 bits per heavy atom. The smallest absolute Gasteiger partial charge is 0.224 e. The average Bonchev–Trinajstić information content (AvgIpc) is 2.38. The van der Waals surface area contributed by atoms with Crippen LogP contribution >= 0.6 is 11.6 Å². The Balaban J connectivity index is 2.14. The summed E-state index contributed by atoms with van der Waals surface area (Å²) in [6, 6.07) is 0. The van der Waals surface area contributed by atoms with Crippen molar-refractivity contribution in [3.63, 3.8) is 0 Å². The zero-order valence-electron chi connectivity index (χ0n) is 11.1. The first-order valence-corrected chi connectivity index (χ1v) is 7.10. The number of hydrogen-bond donors (Lipinski definition) is 1. The maximum absolute atomic E-state index is 6.22. The van der Waals surface area contributed by atoms with Crippen molar-refractivity contribution >= 4 is 23.4 Å². The topological polar surface area (TPSA) is 41.1 Å². The predicted molar refractivity (Wildman–Crippen MR) is 76.4 cm³/mol. The molecule has 100 valence electrons. The molecule has 1 unspecified atom stereocenters. The molecule has 4 nitrogen and oxygen atoms in total. The monoisotopic (exact) mass is 268 g/mol. The van der Waals surface area contributed by atoms with Crippen LogP contribution in [0.3, 0.4) is 0 Å². The molecule has 1 atom stereocenters. The Morgan fingerprint density at radius 3 is 3.11 bits per heavy atom. The molecule has 1 N–H and O–H groups in total. The molecular formula is C13H21ClN4. The van der Waals surface area contributed by atoms with Crippen molar-refractivity contribution in [1.82, 2.24) is 9.97 Å². The SMILES string of the molecule is CCCNc1ncc(Cl)c(N2CCCC(C)C2)n1. The molecular weight excluding hydrogens is 248 g/mol. The highest BCUT2D eigenvalue weighted by Crippen LogP contribution is 2.28. The molecule has 18 heavy (non-hydrogen) atoms. The van der Waals surface area contributed by atoms with E-state index in [9.17, 15) is 0 Å². The van der Waals surface area contributed by atoms with Gasteiger partial charge in [-0.05, 0) is 25.2 Å². The molecule has 1 aromatic heterocycles. The van der Waals surface area contributed by atoms with Crippen molar-refractivity contribution in [2.24, 2.45) is 5.92 Å². The van der Waals surface area contributed by atoms with Crippen LogP contribution in [0.5, 0.6) is 0 Å². The molecule has 0 aliphatic carbocycles. The van der Waals surface area contributed by atoms with Crippen molar-refractivity contribution in [3.05, 3.63) is 11.2 Å². The number of nitrogens with zero attached hydrogens (tertiary/aromatic N) is 3. The first-order chi connectivity index (χ1) is 8.70. The van der Waals surface area contributed by atoms with Gasteiger partial charge in [0.1, 0.15) is 5.02 Å². The van der Waals surface area contributed by atoms with E-state index in [1.807, 2.05) is 0 Å². The van der Waals surface area contributed by atoms with Crippen molar-refractivity contribution in [2.75, 3.05) is 29.9 Å². The lowest BCUT2D eigenvalue weighted by molar-refractivity contribution is 0.444. The van der Waals surface area contributed by atoms with E-state index in [4.69, 9.17) is 11.6 Å². The van der Waals surface area contributed by atoms with Crippen molar-refractivity contribution in [3.8, 4) is 0 Å². The molecule has 0 spiro atoms. The third-order valence-electron chi connectivity index (χ3n) is 3.22. The van der Waals surface area contributed by atoms with E-state index in [0.717, 1.165) is 31.9 Å². The standard InChI is InChI=1S/C13H21ClN4/c1-3-6-15-13-16-8-11(14)12(17-13)18-7-4-5-10(2)9-18/h8,10H,3-7,9H2,1-2H3,(H,15,16,17). The first kappa shape index (κ1) is 13.4. The van der Waals surface area contributed by atoms with Crippen LogP contribution in [0, 0.1) is 5.92 Å². The summed E-state index contributed by atoms with van der Waals surface area (Å²) in [5.74, 6) is 2.25. The van der Waals surface area contributed by atoms with Crippen LogP contribution in [0.15, 0.2) is 6.20 Å². The van der Waals surface area contributed by atoms with Gasteiger partial charge in [0.25, 0.3) is 0 Å². The summed E-state index contributed by atoms with van der Waals surface area (Å²) < 4.78 is 0. The summed E-state index contributed by atoms with van der Waals surface area (Å²) in [7, 11) is 0. The van der Waals surface area contributed by atoms with Crippen LogP contribution in [-0.4, -0.2) is 29.6 Å². The third-order valence-corrected chi connectivity index (χ3v) is 3.48. The van der Waals surface area contributed by atoms with Crippen molar-refractivity contribution in [2.45, 2.75) is 33.1 Å². The first-order valence-electron chi connectivity index (χ1n) is 6.72. The normalized spacial score (nSPS) is 19.9. The minimum absolute atomic E-state index is 0.645. The molecule has 1 aliphatic rings. The van der Waals surface area contributed by atoms with Gasteiger partial charge in [-0.1, -0.05) is 25.4 Å². The van der Waals surface area contributed by atoms with E-state index in [0.29, 0.717) is 16.9 Å². The Kier molecular flexibility index (Phi) is 4.64. The van der Waals surface area contributed by atoms with Crippen LogP contribution in [0.25, 0.3) is 0 Å². The second-order valence-electron chi connectivity index (χ2n) is 4.99. The Morgan fingerprint density at radius 1 is 1.56 bits per heavy atom. The van der Waals surface area contributed by atoms with Gasteiger partial charge in [-0.3, -0.25) is 0 Å². The van der Waals surface area contributed by atoms with Gasteiger partial charge in [0.05, 0.1) is 6.20 Å². The van der Waals surface area contributed by atoms with Gasteiger partial charge < -0.3 is 10.2 Å². The van der Waals surface area contributed by atoms with E-state index in [2.05, 4.69) is 34.0 Å². The number of rotatable bonds is 4. The van der Waals surface area contributed by atoms with E-state index in [-0.39, 0.29) is 0 Å². The average molecular weight is 269 g/mol. The summed E-state index contributed by atoms with van der Waals surface area (Å²) in [4.78, 5) is 11.0. The highest BCUT2D eigenvalue weighted by molar-refractivity contribution is 6.32. The number of halogens is 1. The number of nitrogens with one attached hydrogen (secondary N) is 1. The maximum Gasteiger partial charge on any atom is 0.224 e. The second-order valence-corrected chi connectivity index (χ2v) is 5.39. The van der Waals surface area contributed by atoms with Gasteiger partial charge in [-0.25, -0.2) is 4.98 Å². The lowest BCUT2D eigenvalue weighted by Gasteiger charge is -2.32. The lowest BCUT2D eigenvalue weighted by atomic mass is 10.0. The van der Waals surface area contributed by atoms with Gasteiger partial charge in [-0.2, -0.15) is 4.98 Å². The fourth-order valence-electron chi connectivity index (χ4n) is 2.28. The van der Waals surface area contributed by atoms with Crippen molar-refractivity contribution < 1.29 is 0 Å². The summed E-state index contributed by atoms with van der Waals surface area (Å²) in [6.45, 7) is 7.35. The van der Waals surface area contributed by atoms with E-state index in [1.54, 1.807) is 6.20 Å². The molecule has 0 bridgehead atoms. The summed E-state index contributed by atoms with van der Waals surface area (Å²) in [5.41, 5.74) is 0. The molecule has 1 saturated heterocycles. The largest absolute Gasteiger partial charge is 0.355 e. The fourth-order valence-corrected chi connectivity index (χ4v) is 2.49. The molecule has 1 aromatic rings. The Bertz CT molecular complexity index is 397. The van der Waals surface area contributed by atoms with E-state index >= 15 is 0 Å². The van der Waals surface area contributed by atoms with Crippen LogP contribution in [-0.2, 0) is 0 Å². The lowest BCUT2D eigenvalue weighted by Crippen LogP contribution is -2.35. The fraction of sp³-hybridized carbons (Fsp3) is 0.692. The molecule has 0 radical (unpaired) electrons. The minimum atomic E-state index is 0.645. The second kappa shape index (κ2) is 6.23. The highest BCUT2D eigenvalue weighted by atomic mass is 35.5. The Hall–Kier alpha value is -1.03. The third kappa shape index (κ3) is 3.25. The molecule has 1 fully saturated rings. The summed E-state index contributed by atoms with van der Waals surface area (Å²) in [5, 5.41) is 3.85. The maximum atomic E-state index is 6.22. The molecule has 0 saturated carbocycles. The molecule has 1 aliphatic heterocycles. The number of aromatic nitrogens is 2. The molecule has 5 heteroatoms. The minimum Gasteiger partial charge on any atom is -0.355 e. The van der Waals surface area contributed by atoms with Gasteiger partial charge in [0, 0.05) is 19.6 Å². The van der Waals surface area contributed by atoms with Crippen LogP contribution < -0.4 is 10.2 Å². The summed E-state index contributed by atoms with van der Waals surface area (Å²) in [6.07, 6.45) is 5.25. The van der Waals surface area contributed by atoms with Crippen LogP contribution in [0.1, 0.15) is 33.1 Å². The molecule has 2 rings (SSSR count). The van der Waals surface area contributed by atoms with Gasteiger partial charge >= 0.3 is 0 Å². The zero-order valence-corrected chi connectivity index (χ0v) is 11.9. The summed E-state index contributed by atoms with van der Waals surface area (Å²) >= 11 is 6.22. The van der Waals surface area contributed by atoms with Crippen LogP contribution in [0.4, 0.5) is 11.8 Å². The molecule has 0 amide bonds. The number of anilines is 2. The van der Waals surface area contributed by atoms with Crippen LogP contribution in [0.2, 0.25) is 5.02 Å². The zero-order chi connectivity index (χ0) is 13.0. The molecule has 2 heterocycles. The quantitative estimate of drug-likeness (QED) is 0.911. The highest BCUT2D eigenvalue weighted by Gasteiger charge is 2.20. The van der Waals surface area contributed by atoms with E-state index in [1.165, 1.54) is 12.8 Å². The number of hydrogen-bond acceptors (Lipinski definition) is 4. The number of piperidine rings is 1. The van der Waals surface area contributed by atoms with Gasteiger partial charge in [0.2, 0.25) is 5.95 Å². The van der Waals surface area contributed by atoms with Gasteiger partial charge in [-0.15, -0.1) is 0 Å². The van der Waals surface area contributed by atoms with E-state index < -0.39 is 0 Å².